The van der Waals surface area contributed by atoms with Crippen LogP contribution in [0.5, 0.6) is 0 Å². The summed E-state index contributed by atoms with van der Waals surface area (Å²) in [6, 6.07) is 0. The minimum atomic E-state index is -0.113. The second-order valence-corrected chi connectivity index (χ2v) is 12.5. The average Bonchev–Trinajstić information content (AvgIpc) is 3.44. The van der Waals surface area contributed by atoms with E-state index < -0.39 is 0 Å². The molecule has 8 rings (SSSR count). The van der Waals surface area contributed by atoms with Crippen LogP contribution >= 0.6 is 0 Å². The Hall–Kier alpha value is -2.76. The number of nitrogens with one attached hydrogen (secondary N) is 1. The van der Waals surface area contributed by atoms with E-state index in [0.717, 1.165) is 69.2 Å². The zero-order valence-electron chi connectivity index (χ0n) is 21.9. The molecule has 4 heterocycles. The van der Waals surface area contributed by atoms with Crippen LogP contribution in [-0.2, 0) is 0 Å². The second-order valence-electron chi connectivity index (χ2n) is 12.5. The molecule has 36 heavy (non-hydrogen) atoms. The summed E-state index contributed by atoms with van der Waals surface area (Å²) in [5, 5.41) is 5.09. The molecular weight excluding hydrogens is 449 g/mol. The zero-order chi connectivity index (χ0) is 24.8. The third kappa shape index (κ3) is 3.22. The van der Waals surface area contributed by atoms with Crippen LogP contribution in [0, 0.1) is 36.9 Å². The van der Waals surface area contributed by atoms with Gasteiger partial charge >= 0.3 is 0 Å². The summed E-state index contributed by atoms with van der Waals surface area (Å²) in [4.78, 5) is 12.7. The van der Waals surface area contributed by atoms with Crippen LogP contribution < -0.4 is 0 Å². The topological polar surface area (TPSA) is 58.9 Å². The molecule has 0 unspecified atom stereocenters. The number of pyridine rings is 2. The quantitative estimate of drug-likeness (QED) is 0.316. The van der Waals surface area contributed by atoms with Crippen molar-refractivity contribution in [2.45, 2.75) is 90.9 Å². The monoisotopic (exact) mass is 485 g/mol. The third-order valence-electron chi connectivity index (χ3n) is 9.94. The van der Waals surface area contributed by atoms with Crippen molar-refractivity contribution in [1.29, 1.82) is 0 Å². The number of aromatic amines is 1. The first kappa shape index (κ1) is 22.4. The van der Waals surface area contributed by atoms with Crippen molar-refractivity contribution < 1.29 is 4.39 Å². The number of aryl methyl sites for hydroxylation is 1. The van der Waals surface area contributed by atoms with Crippen molar-refractivity contribution >= 4 is 16.6 Å². The highest BCUT2D eigenvalue weighted by Gasteiger charge is 2.56. The molecule has 4 aromatic rings. The number of fused-ring (bicyclic) bond motifs is 2. The molecule has 0 radical (unpaired) electrons. The molecule has 0 atom stereocenters. The van der Waals surface area contributed by atoms with E-state index in [0.29, 0.717) is 11.1 Å². The fourth-order valence-electron chi connectivity index (χ4n) is 7.88. The third-order valence-corrected chi connectivity index (χ3v) is 9.94. The Morgan fingerprint density at radius 1 is 1.08 bits per heavy atom. The molecule has 5 nitrogen and oxygen atoms in total. The highest BCUT2D eigenvalue weighted by molar-refractivity contribution is 5.92. The van der Waals surface area contributed by atoms with E-state index in [1.165, 1.54) is 38.5 Å². The summed E-state index contributed by atoms with van der Waals surface area (Å²) >= 11 is 0. The lowest BCUT2D eigenvalue weighted by atomic mass is 9.42. The minimum absolute atomic E-state index is 0.113. The smallest absolute Gasteiger partial charge is 0.158 e. The molecule has 0 aliphatic heterocycles. The molecular formula is C30H36FN5. The van der Waals surface area contributed by atoms with Crippen LogP contribution in [0.4, 0.5) is 4.39 Å². The normalized spacial score (nSPS) is 27.6. The fourth-order valence-corrected chi connectivity index (χ4v) is 7.88. The van der Waals surface area contributed by atoms with Gasteiger partial charge < -0.3 is 4.98 Å². The molecule has 4 aromatic heterocycles. The Kier molecular flexibility index (Phi) is 4.90. The molecule has 4 aliphatic rings. The van der Waals surface area contributed by atoms with Gasteiger partial charge in [-0.25, -0.2) is 13.9 Å². The lowest BCUT2D eigenvalue weighted by Crippen LogP contribution is -2.52. The Balaban J connectivity index is 1.25. The van der Waals surface area contributed by atoms with E-state index in [2.05, 4.69) is 42.8 Å². The van der Waals surface area contributed by atoms with Gasteiger partial charge in [0.05, 0.1) is 23.1 Å². The van der Waals surface area contributed by atoms with Gasteiger partial charge in [-0.1, -0.05) is 13.8 Å². The number of rotatable bonds is 5. The van der Waals surface area contributed by atoms with Gasteiger partial charge in [-0.05, 0) is 105 Å². The Morgan fingerprint density at radius 2 is 1.83 bits per heavy atom. The predicted molar refractivity (Wildman–Crippen MR) is 141 cm³/mol. The number of H-pyrrole nitrogens is 1. The molecule has 0 amide bonds. The Bertz CT molecular complexity index is 1470. The predicted octanol–water partition coefficient (Wildman–Crippen LogP) is 7.62. The molecule has 4 aliphatic carbocycles. The van der Waals surface area contributed by atoms with Crippen molar-refractivity contribution in [3.63, 3.8) is 0 Å². The summed E-state index contributed by atoms with van der Waals surface area (Å²) in [5.41, 5.74) is 8.31. The minimum Gasteiger partial charge on any atom is -0.353 e. The standard InChI is InChI=1S/C30H36FN5/c1-16(2)24-25-23(35-28(24)22-14-36-29(33-15-34-36)18(4)17(22)3)13-32-27(26(25)31)21-7-5-19(6-8-21)9-30-10-20(11-30)12-30/h13-16,19-21,35H,5-12H2,1-4H3. The number of hydrogen-bond acceptors (Lipinski definition) is 3. The highest BCUT2D eigenvalue weighted by atomic mass is 19.1. The SMILES string of the molecule is Cc1c(-c2[nH]c3cnc(C4CCC(CC56CC(C5)C6)CC4)c(F)c3c2C(C)C)cn2ncnc2c1C. The van der Waals surface area contributed by atoms with Crippen molar-refractivity contribution in [3.05, 3.63) is 46.9 Å². The lowest BCUT2D eigenvalue weighted by molar-refractivity contribution is -0.124. The first-order valence-corrected chi connectivity index (χ1v) is 13.8. The molecule has 0 spiro atoms. The number of hydrogen-bond donors (Lipinski definition) is 1. The highest BCUT2D eigenvalue weighted by Crippen LogP contribution is 2.67. The van der Waals surface area contributed by atoms with Crippen molar-refractivity contribution in [2.75, 3.05) is 0 Å². The van der Waals surface area contributed by atoms with Crippen LogP contribution in [-0.4, -0.2) is 24.6 Å². The van der Waals surface area contributed by atoms with Gasteiger partial charge in [0, 0.05) is 23.1 Å². The van der Waals surface area contributed by atoms with Gasteiger partial charge in [0.1, 0.15) is 6.33 Å². The maximum absolute atomic E-state index is 16.3. The largest absolute Gasteiger partial charge is 0.353 e. The van der Waals surface area contributed by atoms with Gasteiger partial charge in [-0.3, -0.25) is 4.98 Å². The average molecular weight is 486 g/mol. The molecule has 6 heteroatoms. The molecule has 4 saturated carbocycles. The molecule has 188 valence electrons. The Morgan fingerprint density at radius 3 is 2.50 bits per heavy atom. The van der Waals surface area contributed by atoms with E-state index in [-0.39, 0.29) is 17.7 Å². The molecule has 4 fully saturated rings. The number of nitrogens with zero attached hydrogens (tertiary/aromatic N) is 4. The van der Waals surface area contributed by atoms with Gasteiger partial charge in [0.15, 0.2) is 11.5 Å². The summed E-state index contributed by atoms with van der Waals surface area (Å²) in [5.74, 6) is 2.16. The molecule has 0 aromatic carbocycles. The second kappa shape index (κ2) is 7.87. The fraction of sp³-hybridized carbons (Fsp3) is 0.567. The summed E-state index contributed by atoms with van der Waals surface area (Å²) in [6.07, 6.45) is 15.9. The first-order chi connectivity index (χ1) is 17.3. The lowest BCUT2D eigenvalue weighted by Gasteiger charge is -2.63. The molecule has 0 saturated heterocycles. The number of halogens is 1. The van der Waals surface area contributed by atoms with Crippen LogP contribution in [0.3, 0.4) is 0 Å². The number of aromatic nitrogens is 5. The van der Waals surface area contributed by atoms with Crippen LogP contribution in [0.2, 0.25) is 0 Å². The van der Waals surface area contributed by atoms with Gasteiger partial charge in [-0.15, -0.1) is 0 Å². The van der Waals surface area contributed by atoms with Crippen LogP contribution in [0.1, 0.15) is 99.4 Å². The van der Waals surface area contributed by atoms with Crippen molar-refractivity contribution in [3.8, 4) is 11.3 Å². The van der Waals surface area contributed by atoms with E-state index in [9.17, 15) is 0 Å². The first-order valence-electron chi connectivity index (χ1n) is 13.8. The van der Waals surface area contributed by atoms with E-state index in [1.807, 2.05) is 16.9 Å². The van der Waals surface area contributed by atoms with Gasteiger partial charge in [-0.2, -0.15) is 5.10 Å². The molecule has 1 N–H and O–H groups in total. The van der Waals surface area contributed by atoms with Crippen molar-refractivity contribution in [1.82, 2.24) is 24.6 Å². The van der Waals surface area contributed by atoms with Crippen LogP contribution in [0.25, 0.3) is 27.8 Å². The molecule has 2 bridgehead atoms. The summed E-state index contributed by atoms with van der Waals surface area (Å²) in [6.45, 7) is 8.49. The van der Waals surface area contributed by atoms with Crippen molar-refractivity contribution in [2.24, 2.45) is 17.3 Å². The van der Waals surface area contributed by atoms with Crippen LogP contribution in [0.15, 0.2) is 18.7 Å². The van der Waals surface area contributed by atoms with Gasteiger partial charge in [0.25, 0.3) is 0 Å². The van der Waals surface area contributed by atoms with E-state index in [4.69, 9.17) is 4.98 Å². The maximum Gasteiger partial charge on any atom is 0.158 e. The van der Waals surface area contributed by atoms with Gasteiger partial charge in [0.2, 0.25) is 0 Å². The van der Waals surface area contributed by atoms with E-state index >= 15 is 4.39 Å². The summed E-state index contributed by atoms with van der Waals surface area (Å²) < 4.78 is 18.1. The zero-order valence-corrected chi connectivity index (χ0v) is 21.9. The summed E-state index contributed by atoms with van der Waals surface area (Å²) in [7, 11) is 0. The maximum atomic E-state index is 16.3. The Labute approximate surface area is 211 Å². The van der Waals surface area contributed by atoms with E-state index in [1.54, 1.807) is 6.33 Å².